The number of likely N-dealkylation sites (N-methyl/N-ethyl adjacent to an activating group) is 1. The standard InChI is InChI=1S/C17H35NO2.C6H8O7/c1-5-6-7-8-9-10-11-12-13-14-15-20-17(19)16(2)18(3)4;7-3(8)1-6(13,5(11)12)2-4(9)10/h16H,5-15H2,1-4H3;13H,1-2H2,(H,7,8)(H,9,10)(H,11,12). The summed E-state index contributed by atoms with van der Waals surface area (Å²) in [5, 5.41) is 33.8. The minimum absolute atomic E-state index is 0.106. The molecule has 0 aromatic carbocycles. The quantitative estimate of drug-likeness (QED) is 0.170. The summed E-state index contributed by atoms with van der Waals surface area (Å²) in [6.45, 7) is 4.71. The van der Waals surface area contributed by atoms with Crippen LogP contribution in [0.4, 0.5) is 0 Å². The largest absolute Gasteiger partial charge is 0.481 e. The third-order valence-corrected chi connectivity index (χ3v) is 5.14. The zero-order valence-corrected chi connectivity index (χ0v) is 20.5. The molecule has 0 heterocycles. The maximum atomic E-state index is 11.6. The van der Waals surface area contributed by atoms with Crippen LogP contribution in [0.2, 0.25) is 0 Å². The van der Waals surface area contributed by atoms with E-state index in [0.717, 1.165) is 6.42 Å². The van der Waals surface area contributed by atoms with Gasteiger partial charge in [0.05, 0.1) is 19.4 Å². The second-order valence-corrected chi connectivity index (χ2v) is 8.47. The van der Waals surface area contributed by atoms with Crippen molar-refractivity contribution in [3.8, 4) is 0 Å². The van der Waals surface area contributed by atoms with E-state index in [4.69, 9.17) is 25.2 Å². The van der Waals surface area contributed by atoms with E-state index in [2.05, 4.69) is 6.92 Å². The molecule has 4 N–H and O–H groups in total. The lowest BCUT2D eigenvalue weighted by Crippen LogP contribution is -2.42. The third kappa shape index (κ3) is 19.0. The molecule has 0 saturated carbocycles. The summed E-state index contributed by atoms with van der Waals surface area (Å²) < 4.78 is 5.26. The van der Waals surface area contributed by atoms with E-state index in [-0.39, 0.29) is 12.0 Å². The molecule has 0 spiro atoms. The van der Waals surface area contributed by atoms with Gasteiger partial charge < -0.3 is 25.2 Å². The van der Waals surface area contributed by atoms with Crippen molar-refractivity contribution in [3.05, 3.63) is 0 Å². The molecular weight excluding hydrogens is 434 g/mol. The highest BCUT2D eigenvalue weighted by Gasteiger charge is 2.40. The van der Waals surface area contributed by atoms with Gasteiger partial charge in [0.15, 0.2) is 5.60 Å². The molecule has 10 heteroatoms. The van der Waals surface area contributed by atoms with Crippen LogP contribution in [-0.2, 0) is 23.9 Å². The number of ether oxygens (including phenoxy) is 1. The van der Waals surface area contributed by atoms with Crippen LogP contribution in [0.15, 0.2) is 0 Å². The number of hydrogen-bond acceptors (Lipinski definition) is 7. The fourth-order valence-electron chi connectivity index (χ4n) is 2.81. The molecule has 0 aromatic heterocycles. The predicted molar refractivity (Wildman–Crippen MR) is 123 cm³/mol. The number of carbonyl (C=O) groups excluding carboxylic acids is 1. The first kappa shape index (κ1) is 33.0. The van der Waals surface area contributed by atoms with Gasteiger partial charge >= 0.3 is 23.9 Å². The van der Waals surface area contributed by atoms with Crippen LogP contribution in [-0.4, -0.2) is 81.5 Å². The van der Waals surface area contributed by atoms with Crippen molar-refractivity contribution in [2.45, 2.75) is 103 Å². The van der Waals surface area contributed by atoms with Crippen molar-refractivity contribution in [2.75, 3.05) is 20.7 Å². The van der Waals surface area contributed by atoms with Crippen molar-refractivity contribution < 1.29 is 44.3 Å². The van der Waals surface area contributed by atoms with Crippen LogP contribution in [0.3, 0.4) is 0 Å². The van der Waals surface area contributed by atoms with Crippen molar-refractivity contribution >= 4 is 23.9 Å². The lowest BCUT2D eigenvalue weighted by molar-refractivity contribution is -0.170. The van der Waals surface area contributed by atoms with Gasteiger partial charge in [-0.15, -0.1) is 0 Å². The Balaban J connectivity index is 0. The minimum Gasteiger partial charge on any atom is -0.481 e. The van der Waals surface area contributed by atoms with E-state index in [1.54, 1.807) is 0 Å². The van der Waals surface area contributed by atoms with Gasteiger partial charge in [0.25, 0.3) is 0 Å². The normalized spacial score (nSPS) is 11.9. The Labute approximate surface area is 196 Å². The number of rotatable bonds is 18. The first-order chi connectivity index (χ1) is 15.4. The maximum Gasteiger partial charge on any atom is 0.336 e. The number of nitrogens with zero attached hydrogens (tertiary/aromatic N) is 1. The van der Waals surface area contributed by atoms with Crippen LogP contribution in [0.25, 0.3) is 0 Å². The highest BCUT2D eigenvalue weighted by Crippen LogP contribution is 2.15. The molecule has 0 aliphatic carbocycles. The van der Waals surface area contributed by atoms with Crippen molar-refractivity contribution in [2.24, 2.45) is 0 Å². The third-order valence-electron chi connectivity index (χ3n) is 5.14. The molecule has 0 aliphatic heterocycles. The Hall–Kier alpha value is -2.20. The number of aliphatic hydroxyl groups is 1. The Morgan fingerprint density at radius 2 is 1.18 bits per heavy atom. The molecular formula is C23H43NO9. The molecule has 1 unspecified atom stereocenters. The van der Waals surface area contributed by atoms with E-state index in [9.17, 15) is 19.2 Å². The van der Waals surface area contributed by atoms with Gasteiger partial charge in [0.2, 0.25) is 0 Å². The van der Waals surface area contributed by atoms with Crippen molar-refractivity contribution in [3.63, 3.8) is 0 Å². The molecule has 0 bridgehead atoms. The summed E-state index contributed by atoms with van der Waals surface area (Å²) in [5.41, 5.74) is -2.74. The highest BCUT2D eigenvalue weighted by molar-refractivity contribution is 5.88. The monoisotopic (exact) mass is 477 g/mol. The van der Waals surface area contributed by atoms with Crippen LogP contribution >= 0.6 is 0 Å². The fourth-order valence-corrected chi connectivity index (χ4v) is 2.81. The summed E-state index contributed by atoms with van der Waals surface area (Å²) in [6.07, 6.45) is 10.7. The Morgan fingerprint density at radius 3 is 1.52 bits per heavy atom. The molecule has 0 radical (unpaired) electrons. The molecule has 0 rings (SSSR count). The zero-order valence-electron chi connectivity index (χ0n) is 20.5. The second kappa shape index (κ2) is 19.3. The number of hydrogen-bond donors (Lipinski definition) is 4. The Morgan fingerprint density at radius 1 is 0.788 bits per heavy atom. The summed E-state index contributed by atoms with van der Waals surface area (Å²) in [6, 6.07) is -0.141. The van der Waals surface area contributed by atoms with Gasteiger partial charge in [0.1, 0.15) is 6.04 Å². The van der Waals surface area contributed by atoms with Gasteiger partial charge in [0, 0.05) is 0 Å². The van der Waals surface area contributed by atoms with E-state index >= 15 is 0 Å². The first-order valence-corrected chi connectivity index (χ1v) is 11.6. The van der Waals surface area contributed by atoms with Crippen LogP contribution in [0.1, 0.15) is 90.9 Å². The fraction of sp³-hybridized carbons (Fsp3) is 0.826. The van der Waals surface area contributed by atoms with E-state index in [0.29, 0.717) is 6.61 Å². The SMILES string of the molecule is CCCCCCCCCCCCOC(=O)C(C)N(C)C.O=C(O)CC(O)(CC(=O)O)C(=O)O. The number of carboxylic acids is 3. The van der Waals surface area contributed by atoms with Crippen LogP contribution in [0.5, 0.6) is 0 Å². The first-order valence-electron chi connectivity index (χ1n) is 11.6. The van der Waals surface area contributed by atoms with E-state index < -0.39 is 36.4 Å². The Kier molecular flexibility index (Phi) is 19.3. The van der Waals surface area contributed by atoms with Crippen LogP contribution < -0.4 is 0 Å². The summed E-state index contributed by atoms with van der Waals surface area (Å²) >= 11 is 0. The molecule has 0 aliphatic rings. The van der Waals surface area contributed by atoms with E-state index in [1.807, 2.05) is 25.9 Å². The number of unbranched alkanes of at least 4 members (excludes halogenated alkanes) is 9. The molecule has 194 valence electrons. The molecule has 1 atom stereocenters. The lowest BCUT2D eigenvalue weighted by Gasteiger charge is -2.18. The Bertz CT molecular complexity index is 562. The highest BCUT2D eigenvalue weighted by atomic mass is 16.5. The summed E-state index contributed by atoms with van der Waals surface area (Å²) in [4.78, 5) is 43.9. The van der Waals surface area contributed by atoms with Gasteiger partial charge in [-0.1, -0.05) is 64.7 Å². The number of aliphatic carboxylic acids is 3. The van der Waals surface area contributed by atoms with Gasteiger partial charge in [-0.25, -0.2) is 4.79 Å². The van der Waals surface area contributed by atoms with Crippen LogP contribution in [0, 0.1) is 0 Å². The maximum absolute atomic E-state index is 11.6. The average molecular weight is 478 g/mol. The molecule has 10 nitrogen and oxygen atoms in total. The average Bonchev–Trinajstić information content (AvgIpc) is 2.70. The van der Waals surface area contributed by atoms with Gasteiger partial charge in [-0.2, -0.15) is 0 Å². The van der Waals surface area contributed by atoms with Crippen molar-refractivity contribution in [1.29, 1.82) is 0 Å². The van der Waals surface area contributed by atoms with E-state index in [1.165, 1.54) is 57.8 Å². The predicted octanol–water partition coefficient (Wildman–Crippen LogP) is 3.15. The van der Waals surface area contributed by atoms with Gasteiger partial charge in [-0.3, -0.25) is 19.3 Å². The molecule has 33 heavy (non-hydrogen) atoms. The lowest BCUT2D eigenvalue weighted by atomic mass is 9.96. The topological polar surface area (TPSA) is 162 Å². The number of carbonyl (C=O) groups is 4. The second-order valence-electron chi connectivity index (χ2n) is 8.47. The number of esters is 1. The molecule has 0 aromatic rings. The summed E-state index contributed by atoms with van der Waals surface area (Å²) in [7, 11) is 3.79. The minimum atomic E-state index is -2.74. The molecule has 0 fully saturated rings. The van der Waals surface area contributed by atoms with Gasteiger partial charge in [-0.05, 0) is 27.4 Å². The molecule has 0 amide bonds. The smallest absolute Gasteiger partial charge is 0.336 e. The molecule has 0 saturated heterocycles. The number of carboxylic acid groups (broad SMARTS) is 3. The van der Waals surface area contributed by atoms with Crippen molar-refractivity contribution in [1.82, 2.24) is 4.90 Å². The zero-order chi connectivity index (χ0) is 25.9. The summed E-state index contributed by atoms with van der Waals surface area (Å²) in [5.74, 6) is -5.12.